The summed E-state index contributed by atoms with van der Waals surface area (Å²) in [5.74, 6) is 0.0798. The van der Waals surface area contributed by atoms with Gasteiger partial charge in [0.2, 0.25) is 0 Å². The molecule has 2 N–H and O–H groups in total. The Hall–Kier alpha value is -1.42. The molecule has 0 spiro atoms. The van der Waals surface area contributed by atoms with Crippen LogP contribution in [-0.2, 0) is 6.54 Å². The predicted molar refractivity (Wildman–Crippen MR) is 88.5 cm³/mol. The molecule has 4 heteroatoms. The topological polar surface area (TPSA) is 29.3 Å². The first-order valence-electron chi connectivity index (χ1n) is 7.58. The fourth-order valence-electron chi connectivity index (χ4n) is 3.23. The maximum absolute atomic E-state index is 13.5. The molecule has 2 unspecified atom stereocenters. The number of nitrogens with two attached hydrogens (primary N) is 1. The molecular weight excluding hydrogens is 299 g/mol. The first-order valence-corrected chi connectivity index (χ1v) is 7.96. The van der Waals surface area contributed by atoms with Crippen molar-refractivity contribution in [2.24, 2.45) is 5.73 Å². The van der Waals surface area contributed by atoms with Gasteiger partial charge in [-0.3, -0.25) is 4.90 Å². The zero-order chi connectivity index (χ0) is 15.5. The summed E-state index contributed by atoms with van der Waals surface area (Å²) in [7, 11) is 0. The number of rotatable bonds is 3. The van der Waals surface area contributed by atoms with E-state index in [-0.39, 0.29) is 17.8 Å². The Kier molecular flexibility index (Phi) is 4.77. The highest BCUT2D eigenvalue weighted by molar-refractivity contribution is 6.31. The normalized spacial score (nSPS) is 22.7. The molecule has 1 aliphatic heterocycles. The average molecular weight is 319 g/mol. The molecule has 0 radical (unpaired) electrons. The molecule has 0 aromatic heterocycles. The van der Waals surface area contributed by atoms with Crippen LogP contribution in [0.5, 0.6) is 0 Å². The fraction of sp³-hybridized carbons (Fsp3) is 0.333. The van der Waals surface area contributed by atoms with E-state index in [1.54, 1.807) is 12.1 Å². The van der Waals surface area contributed by atoms with Crippen LogP contribution in [0, 0.1) is 5.82 Å². The number of hydrogen-bond donors (Lipinski definition) is 1. The van der Waals surface area contributed by atoms with Gasteiger partial charge >= 0.3 is 0 Å². The van der Waals surface area contributed by atoms with Crippen molar-refractivity contribution in [1.82, 2.24) is 4.90 Å². The van der Waals surface area contributed by atoms with Crippen LogP contribution in [0.2, 0.25) is 5.02 Å². The van der Waals surface area contributed by atoms with Gasteiger partial charge in [0.15, 0.2) is 0 Å². The largest absolute Gasteiger partial charge is 0.327 e. The van der Waals surface area contributed by atoms with Crippen LogP contribution >= 0.6 is 11.6 Å². The molecule has 2 aromatic rings. The minimum absolute atomic E-state index is 0.101. The molecule has 2 nitrogen and oxygen atoms in total. The summed E-state index contributed by atoms with van der Waals surface area (Å²) >= 11 is 6.25. The Labute approximate surface area is 135 Å². The Morgan fingerprint density at radius 1 is 1.14 bits per heavy atom. The smallest absolute Gasteiger partial charge is 0.123 e. The van der Waals surface area contributed by atoms with Gasteiger partial charge in [-0.15, -0.1) is 0 Å². The number of nitrogens with zero attached hydrogens (tertiary/aromatic N) is 1. The summed E-state index contributed by atoms with van der Waals surface area (Å²) in [6.45, 7) is 2.50. The lowest BCUT2D eigenvalue weighted by atomic mass is 9.88. The minimum Gasteiger partial charge on any atom is -0.327 e. The van der Waals surface area contributed by atoms with Gasteiger partial charge in [-0.05, 0) is 41.7 Å². The third-order valence-corrected chi connectivity index (χ3v) is 4.60. The lowest BCUT2D eigenvalue weighted by molar-refractivity contribution is 0.181. The van der Waals surface area contributed by atoms with E-state index in [2.05, 4.69) is 4.90 Å². The van der Waals surface area contributed by atoms with Gasteiger partial charge in [0.25, 0.3) is 0 Å². The Bertz CT molecular complexity index is 646. The maximum Gasteiger partial charge on any atom is 0.123 e. The predicted octanol–water partition coefficient (Wildman–Crippen LogP) is 3.80. The van der Waals surface area contributed by atoms with Crippen molar-refractivity contribution in [3.05, 3.63) is 70.5 Å². The number of piperidine rings is 1. The molecule has 2 atom stereocenters. The van der Waals surface area contributed by atoms with Gasteiger partial charge in [0.05, 0.1) is 0 Å². The lowest BCUT2D eigenvalue weighted by Crippen LogP contribution is -2.45. The zero-order valence-corrected chi connectivity index (χ0v) is 13.1. The van der Waals surface area contributed by atoms with Crippen molar-refractivity contribution in [1.29, 1.82) is 0 Å². The van der Waals surface area contributed by atoms with Crippen LogP contribution in [0.25, 0.3) is 0 Å². The highest BCUT2D eigenvalue weighted by Crippen LogP contribution is 2.28. The van der Waals surface area contributed by atoms with Crippen molar-refractivity contribution in [2.75, 3.05) is 13.1 Å². The van der Waals surface area contributed by atoms with Crippen LogP contribution in [0.1, 0.15) is 23.5 Å². The second-order valence-electron chi connectivity index (χ2n) is 6.03. The van der Waals surface area contributed by atoms with Gasteiger partial charge < -0.3 is 5.73 Å². The van der Waals surface area contributed by atoms with Crippen molar-refractivity contribution >= 4 is 11.6 Å². The second kappa shape index (κ2) is 6.78. The van der Waals surface area contributed by atoms with E-state index in [1.165, 1.54) is 6.07 Å². The first kappa shape index (κ1) is 15.5. The summed E-state index contributed by atoms with van der Waals surface area (Å²) in [6.07, 6.45) is 0.891. The second-order valence-corrected chi connectivity index (χ2v) is 6.44. The van der Waals surface area contributed by atoms with Gasteiger partial charge in [-0.2, -0.15) is 0 Å². The minimum atomic E-state index is -0.186. The molecule has 2 aromatic carbocycles. The standard InChI is InChI=1S/C18H20ClFN2/c19-18-7-2-1-4-14(18)10-22-11-15(9-17(21)12-22)13-5-3-6-16(20)8-13/h1-8,15,17H,9-12,21H2. The van der Waals surface area contributed by atoms with E-state index in [1.807, 2.05) is 30.3 Å². The van der Waals surface area contributed by atoms with Gasteiger partial charge in [0, 0.05) is 30.7 Å². The van der Waals surface area contributed by atoms with Crippen LogP contribution in [0.15, 0.2) is 48.5 Å². The Balaban J connectivity index is 1.75. The summed E-state index contributed by atoms with van der Waals surface area (Å²) in [5.41, 5.74) is 8.35. The quantitative estimate of drug-likeness (QED) is 0.932. The van der Waals surface area contributed by atoms with Crippen molar-refractivity contribution in [2.45, 2.75) is 24.9 Å². The van der Waals surface area contributed by atoms with Crippen LogP contribution in [-0.4, -0.2) is 24.0 Å². The van der Waals surface area contributed by atoms with E-state index in [0.29, 0.717) is 0 Å². The number of hydrogen-bond acceptors (Lipinski definition) is 2. The molecule has 0 aliphatic carbocycles. The van der Waals surface area contributed by atoms with Crippen molar-refractivity contribution in [3.8, 4) is 0 Å². The molecule has 3 rings (SSSR count). The van der Waals surface area contributed by atoms with E-state index >= 15 is 0 Å². The van der Waals surface area contributed by atoms with E-state index < -0.39 is 0 Å². The summed E-state index contributed by atoms with van der Waals surface area (Å²) in [6, 6.07) is 14.8. The Morgan fingerprint density at radius 2 is 1.95 bits per heavy atom. The molecule has 1 saturated heterocycles. The molecule has 1 heterocycles. The summed E-state index contributed by atoms with van der Waals surface area (Å²) < 4.78 is 13.5. The van der Waals surface area contributed by atoms with Gasteiger partial charge in [0.1, 0.15) is 5.82 Å². The molecule has 0 bridgehead atoms. The molecular formula is C18H20ClFN2. The lowest BCUT2D eigenvalue weighted by Gasteiger charge is -2.36. The number of likely N-dealkylation sites (tertiary alicyclic amines) is 1. The average Bonchev–Trinajstić information content (AvgIpc) is 2.49. The van der Waals surface area contributed by atoms with Gasteiger partial charge in [-0.1, -0.05) is 41.9 Å². The van der Waals surface area contributed by atoms with E-state index in [0.717, 1.165) is 42.2 Å². The third-order valence-electron chi connectivity index (χ3n) is 4.23. The van der Waals surface area contributed by atoms with Crippen molar-refractivity contribution in [3.63, 3.8) is 0 Å². The Morgan fingerprint density at radius 3 is 2.73 bits per heavy atom. The van der Waals surface area contributed by atoms with Crippen LogP contribution in [0.4, 0.5) is 4.39 Å². The maximum atomic E-state index is 13.5. The number of halogens is 2. The summed E-state index contributed by atoms with van der Waals surface area (Å²) in [5, 5.41) is 0.781. The molecule has 1 fully saturated rings. The fourth-order valence-corrected chi connectivity index (χ4v) is 3.43. The first-order chi connectivity index (χ1) is 10.6. The monoisotopic (exact) mass is 318 g/mol. The van der Waals surface area contributed by atoms with Gasteiger partial charge in [-0.25, -0.2) is 4.39 Å². The van der Waals surface area contributed by atoms with E-state index in [4.69, 9.17) is 17.3 Å². The molecule has 116 valence electrons. The van der Waals surface area contributed by atoms with Crippen LogP contribution in [0.3, 0.4) is 0 Å². The van der Waals surface area contributed by atoms with E-state index in [9.17, 15) is 4.39 Å². The number of benzene rings is 2. The molecule has 1 aliphatic rings. The zero-order valence-electron chi connectivity index (χ0n) is 12.4. The highest BCUT2D eigenvalue weighted by Gasteiger charge is 2.26. The molecule has 0 saturated carbocycles. The molecule has 22 heavy (non-hydrogen) atoms. The SMILES string of the molecule is NC1CC(c2cccc(F)c2)CN(Cc2ccccc2Cl)C1. The summed E-state index contributed by atoms with van der Waals surface area (Å²) in [4.78, 5) is 2.31. The van der Waals surface area contributed by atoms with Crippen LogP contribution < -0.4 is 5.73 Å². The molecule has 0 amide bonds. The van der Waals surface area contributed by atoms with Crippen molar-refractivity contribution < 1.29 is 4.39 Å². The highest BCUT2D eigenvalue weighted by atomic mass is 35.5. The third kappa shape index (κ3) is 3.67.